The van der Waals surface area contributed by atoms with E-state index in [2.05, 4.69) is 27.7 Å². The Bertz CT molecular complexity index is 659. The van der Waals surface area contributed by atoms with Crippen molar-refractivity contribution in [2.45, 2.75) is 91.9 Å². The van der Waals surface area contributed by atoms with Crippen LogP contribution in [-0.4, -0.2) is 11.6 Å². The van der Waals surface area contributed by atoms with Gasteiger partial charge in [0.1, 0.15) is 5.78 Å². The lowest BCUT2D eigenvalue weighted by Crippen LogP contribution is -2.51. The van der Waals surface area contributed by atoms with Gasteiger partial charge in [-0.25, -0.2) is 0 Å². The summed E-state index contributed by atoms with van der Waals surface area (Å²) in [4.78, 5) is 25.0. The molecule has 4 aliphatic rings. The highest BCUT2D eigenvalue weighted by molar-refractivity contribution is 5.91. The number of ketones is 2. The van der Waals surface area contributed by atoms with Crippen LogP contribution < -0.4 is 0 Å². The van der Waals surface area contributed by atoms with Gasteiger partial charge < -0.3 is 0 Å². The molecule has 2 nitrogen and oxygen atoms in total. The minimum absolute atomic E-state index is 0.233. The highest BCUT2D eigenvalue weighted by Crippen LogP contribution is 2.66. The predicted molar refractivity (Wildman–Crippen MR) is 109 cm³/mol. The molecule has 0 N–H and O–H groups in total. The van der Waals surface area contributed by atoms with Crippen molar-refractivity contribution >= 4 is 11.6 Å². The number of hydrogen-bond donors (Lipinski definition) is 0. The van der Waals surface area contributed by atoms with E-state index in [0.717, 1.165) is 56.3 Å². The van der Waals surface area contributed by atoms with Crippen LogP contribution in [0.4, 0.5) is 0 Å². The summed E-state index contributed by atoms with van der Waals surface area (Å²) < 4.78 is 0. The van der Waals surface area contributed by atoms with Crippen LogP contribution >= 0.6 is 0 Å². The van der Waals surface area contributed by atoms with Crippen molar-refractivity contribution in [2.24, 2.45) is 40.4 Å². The average Bonchev–Trinajstić information content (AvgIpc) is 2.97. The summed E-state index contributed by atoms with van der Waals surface area (Å²) in [5.74, 6) is 4.04. The van der Waals surface area contributed by atoms with Crippen molar-refractivity contribution in [1.29, 1.82) is 0 Å². The van der Waals surface area contributed by atoms with Crippen LogP contribution in [0.5, 0.6) is 0 Å². The summed E-state index contributed by atoms with van der Waals surface area (Å²) in [5, 5.41) is 0. The third kappa shape index (κ3) is 3.06. The Morgan fingerprint density at radius 2 is 1.85 bits per heavy atom. The number of allylic oxidation sites excluding steroid dienone is 1. The highest BCUT2D eigenvalue weighted by atomic mass is 16.1. The van der Waals surface area contributed by atoms with Crippen LogP contribution in [0.15, 0.2) is 11.6 Å². The molecule has 0 amide bonds. The lowest BCUT2D eigenvalue weighted by molar-refractivity contribution is -0.130. The van der Waals surface area contributed by atoms with Gasteiger partial charge in [0, 0.05) is 18.8 Å². The summed E-state index contributed by atoms with van der Waals surface area (Å²) in [6, 6.07) is 0. The van der Waals surface area contributed by atoms with Gasteiger partial charge in [-0.3, -0.25) is 9.59 Å². The molecule has 0 aromatic rings. The third-order valence-corrected chi connectivity index (χ3v) is 9.32. The number of carbonyl (C=O) groups excluding carboxylic acids is 2. The Balaban J connectivity index is 1.55. The van der Waals surface area contributed by atoms with Crippen LogP contribution in [0.25, 0.3) is 0 Å². The standard InChI is InChI=1S/C25H38O2/c1-16(2)5-10-23(27)22-9-8-20-19-7-6-17-15-18(26)11-13-24(17,3)21(19)12-14-25(20,22)4/h15-16,19-22H,5-14H2,1-4H3/t19-,20-,21?,22+,24-,25-/m0/s1. The SMILES string of the molecule is CC(C)CCC(=O)[C@H]1CC[C@H]2[C@@H]3CCC4=CC(=O)CC[C@]4(C)C3CC[C@]12C. The first-order valence-corrected chi connectivity index (χ1v) is 11.5. The van der Waals surface area contributed by atoms with Gasteiger partial charge in [-0.05, 0) is 91.9 Å². The molecule has 0 saturated heterocycles. The quantitative estimate of drug-likeness (QED) is 0.595. The van der Waals surface area contributed by atoms with E-state index < -0.39 is 0 Å². The molecule has 3 fully saturated rings. The Morgan fingerprint density at radius 1 is 1.07 bits per heavy atom. The Hall–Kier alpha value is -0.920. The summed E-state index contributed by atoms with van der Waals surface area (Å²) in [7, 11) is 0. The Kier molecular flexibility index (Phi) is 4.92. The maximum atomic E-state index is 13.1. The first kappa shape index (κ1) is 19.4. The Labute approximate surface area is 165 Å². The molecule has 0 aliphatic heterocycles. The van der Waals surface area contributed by atoms with Crippen LogP contribution in [0.2, 0.25) is 0 Å². The molecule has 0 heterocycles. The monoisotopic (exact) mass is 370 g/mol. The minimum Gasteiger partial charge on any atom is -0.299 e. The Morgan fingerprint density at radius 3 is 2.59 bits per heavy atom. The van der Waals surface area contributed by atoms with E-state index in [1.807, 2.05) is 6.08 Å². The fourth-order valence-electron chi connectivity index (χ4n) is 7.69. The maximum Gasteiger partial charge on any atom is 0.155 e. The molecule has 27 heavy (non-hydrogen) atoms. The molecule has 0 bridgehead atoms. The minimum atomic E-state index is 0.233. The molecule has 0 aromatic carbocycles. The number of rotatable bonds is 4. The molecular formula is C25H38O2. The number of fused-ring (bicyclic) bond motifs is 5. The van der Waals surface area contributed by atoms with E-state index >= 15 is 0 Å². The second kappa shape index (κ2) is 6.85. The van der Waals surface area contributed by atoms with E-state index in [4.69, 9.17) is 0 Å². The van der Waals surface area contributed by atoms with E-state index in [1.165, 1.54) is 31.3 Å². The van der Waals surface area contributed by atoms with Crippen molar-refractivity contribution < 1.29 is 9.59 Å². The molecule has 1 unspecified atom stereocenters. The zero-order valence-corrected chi connectivity index (χ0v) is 17.9. The molecule has 0 aromatic heterocycles. The van der Waals surface area contributed by atoms with Crippen LogP contribution in [-0.2, 0) is 9.59 Å². The zero-order valence-electron chi connectivity index (χ0n) is 17.9. The van der Waals surface area contributed by atoms with E-state index in [1.54, 1.807) is 0 Å². The molecule has 0 radical (unpaired) electrons. The molecule has 4 aliphatic carbocycles. The van der Waals surface area contributed by atoms with E-state index in [9.17, 15) is 9.59 Å². The third-order valence-electron chi connectivity index (χ3n) is 9.32. The molecule has 6 atom stereocenters. The smallest absolute Gasteiger partial charge is 0.155 e. The largest absolute Gasteiger partial charge is 0.299 e. The maximum absolute atomic E-state index is 13.1. The predicted octanol–water partition coefficient (Wildman–Crippen LogP) is 6.14. The first-order chi connectivity index (χ1) is 12.8. The van der Waals surface area contributed by atoms with Crippen LogP contribution in [0, 0.1) is 40.4 Å². The normalized spacial score (nSPS) is 43.7. The van der Waals surface area contributed by atoms with Crippen molar-refractivity contribution in [1.82, 2.24) is 0 Å². The lowest BCUT2D eigenvalue weighted by Gasteiger charge is -2.58. The van der Waals surface area contributed by atoms with Gasteiger partial charge in [0.15, 0.2) is 5.78 Å². The fourth-order valence-corrected chi connectivity index (χ4v) is 7.69. The van der Waals surface area contributed by atoms with Gasteiger partial charge in [-0.2, -0.15) is 0 Å². The summed E-state index contributed by atoms with van der Waals surface area (Å²) in [6.07, 6.45) is 12.8. The van der Waals surface area contributed by atoms with Gasteiger partial charge in [0.25, 0.3) is 0 Å². The van der Waals surface area contributed by atoms with Crippen molar-refractivity contribution in [3.63, 3.8) is 0 Å². The lowest BCUT2D eigenvalue weighted by atomic mass is 9.46. The molecule has 3 saturated carbocycles. The number of hydrogen-bond acceptors (Lipinski definition) is 2. The number of Topliss-reactive ketones (excluding diaryl/α,β-unsaturated/α-hetero) is 1. The average molecular weight is 371 g/mol. The second-order valence-corrected chi connectivity index (χ2v) is 11.0. The summed E-state index contributed by atoms with van der Waals surface area (Å²) in [5.41, 5.74) is 1.93. The van der Waals surface area contributed by atoms with Crippen LogP contribution in [0.1, 0.15) is 91.9 Å². The highest BCUT2D eigenvalue weighted by Gasteiger charge is 2.59. The number of carbonyl (C=O) groups is 2. The summed E-state index contributed by atoms with van der Waals surface area (Å²) >= 11 is 0. The zero-order chi connectivity index (χ0) is 19.4. The van der Waals surface area contributed by atoms with Crippen LogP contribution in [0.3, 0.4) is 0 Å². The van der Waals surface area contributed by atoms with E-state index in [0.29, 0.717) is 23.4 Å². The molecule has 4 rings (SSSR count). The first-order valence-electron chi connectivity index (χ1n) is 11.5. The molecule has 2 heteroatoms. The molecule has 0 spiro atoms. The van der Waals surface area contributed by atoms with E-state index in [-0.39, 0.29) is 10.8 Å². The van der Waals surface area contributed by atoms with Crippen molar-refractivity contribution in [3.8, 4) is 0 Å². The van der Waals surface area contributed by atoms with Gasteiger partial charge >= 0.3 is 0 Å². The second-order valence-electron chi connectivity index (χ2n) is 11.0. The molecular weight excluding hydrogens is 332 g/mol. The van der Waals surface area contributed by atoms with Gasteiger partial charge in [0.05, 0.1) is 0 Å². The topological polar surface area (TPSA) is 34.1 Å². The van der Waals surface area contributed by atoms with Gasteiger partial charge in [-0.1, -0.05) is 33.3 Å². The molecule has 150 valence electrons. The fraction of sp³-hybridized carbons (Fsp3) is 0.840. The van der Waals surface area contributed by atoms with Crippen molar-refractivity contribution in [3.05, 3.63) is 11.6 Å². The van der Waals surface area contributed by atoms with Crippen molar-refractivity contribution in [2.75, 3.05) is 0 Å². The van der Waals surface area contributed by atoms with Gasteiger partial charge in [-0.15, -0.1) is 0 Å². The van der Waals surface area contributed by atoms with Gasteiger partial charge in [0.2, 0.25) is 0 Å². The summed E-state index contributed by atoms with van der Waals surface area (Å²) in [6.45, 7) is 9.35.